The van der Waals surface area contributed by atoms with Crippen LogP contribution in [0.15, 0.2) is 48.1 Å². The van der Waals surface area contributed by atoms with E-state index in [1.807, 2.05) is 0 Å². The molecule has 0 amide bonds. The highest BCUT2D eigenvalue weighted by Gasteiger charge is 2.07. The standard InChI is InChI=1S/C7H6.C3H4O3/c1-2-7-4-3-6(1)5-7;1-2-3(4)6-5/h1-4H,5H2;2,5H,1H2. The molecular weight excluding hydrogens is 168 g/mol. The van der Waals surface area contributed by atoms with E-state index in [1.54, 1.807) is 0 Å². The molecule has 0 radical (unpaired) electrons. The Bertz CT molecular complexity index is 288. The highest BCUT2D eigenvalue weighted by molar-refractivity contribution is 5.80. The zero-order valence-corrected chi connectivity index (χ0v) is 7.06. The molecule has 2 bridgehead atoms. The maximum Gasteiger partial charge on any atom is 0.365 e. The number of carbonyl (C=O) groups is 1. The molecule has 68 valence electrons. The van der Waals surface area contributed by atoms with Crippen LogP contribution in [0.25, 0.3) is 0 Å². The minimum absolute atomic E-state index is 0.838. The number of fused-ring (bicyclic) bond motifs is 2. The second-order valence-electron chi connectivity index (χ2n) is 2.61. The summed E-state index contributed by atoms with van der Waals surface area (Å²) in [5.74, 6) is -0.838. The minimum Gasteiger partial charge on any atom is -0.296 e. The largest absolute Gasteiger partial charge is 0.365 e. The van der Waals surface area contributed by atoms with Gasteiger partial charge in [0.05, 0.1) is 0 Å². The molecule has 2 rings (SSSR count). The Morgan fingerprint density at radius 3 is 2.08 bits per heavy atom. The average Bonchev–Trinajstić information content (AvgIpc) is 2.81. The van der Waals surface area contributed by atoms with Crippen molar-refractivity contribution >= 4 is 5.97 Å². The van der Waals surface area contributed by atoms with Crippen LogP contribution < -0.4 is 0 Å². The maximum absolute atomic E-state index is 9.59. The van der Waals surface area contributed by atoms with E-state index >= 15 is 0 Å². The third kappa shape index (κ3) is 2.72. The van der Waals surface area contributed by atoms with Crippen molar-refractivity contribution in [2.24, 2.45) is 0 Å². The fraction of sp³-hybridized carbons (Fsp3) is 0.100. The van der Waals surface area contributed by atoms with Gasteiger partial charge >= 0.3 is 5.97 Å². The summed E-state index contributed by atoms with van der Waals surface area (Å²) in [6, 6.07) is 0. The van der Waals surface area contributed by atoms with E-state index in [1.165, 1.54) is 17.6 Å². The van der Waals surface area contributed by atoms with Gasteiger partial charge in [-0.15, -0.1) is 0 Å². The smallest absolute Gasteiger partial charge is 0.296 e. The van der Waals surface area contributed by atoms with Crippen molar-refractivity contribution in [3.05, 3.63) is 48.1 Å². The SMILES string of the molecule is C1=CC2=CC=C1C2.C=CC(=O)OO. The summed E-state index contributed by atoms with van der Waals surface area (Å²) in [4.78, 5) is 12.7. The Hall–Kier alpha value is -1.61. The van der Waals surface area contributed by atoms with Crippen LogP contribution in [-0.4, -0.2) is 11.2 Å². The first kappa shape index (κ1) is 9.48. The van der Waals surface area contributed by atoms with Crippen molar-refractivity contribution in [2.75, 3.05) is 0 Å². The van der Waals surface area contributed by atoms with E-state index in [2.05, 4.69) is 35.8 Å². The Balaban J connectivity index is 0.000000133. The lowest BCUT2D eigenvalue weighted by molar-refractivity contribution is -0.228. The van der Waals surface area contributed by atoms with E-state index in [0.29, 0.717) is 0 Å². The molecule has 3 heteroatoms. The van der Waals surface area contributed by atoms with Crippen LogP contribution in [0.2, 0.25) is 0 Å². The average molecular weight is 178 g/mol. The van der Waals surface area contributed by atoms with Crippen molar-refractivity contribution in [3.63, 3.8) is 0 Å². The monoisotopic (exact) mass is 178 g/mol. The van der Waals surface area contributed by atoms with Crippen molar-refractivity contribution in [1.29, 1.82) is 0 Å². The Kier molecular flexibility index (Phi) is 3.23. The highest BCUT2D eigenvalue weighted by atomic mass is 17.1. The van der Waals surface area contributed by atoms with Crippen molar-refractivity contribution in [1.82, 2.24) is 0 Å². The van der Waals surface area contributed by atoms with Crippen molar-refractivity contribution < 1.29 is 14.9 Å². The number of hydrogen-bond acceptors (Lipinski definition) is 3. The third-order valence-corrected chi connectivity index (χ3v) is 1.69. The molecule has 0 aromatic carbocycles. The predicted molar refractivity (Wildman–Crippen MR) is 48.8 cm³/mol. The molecule has 0 heterocycles. The van der Waals surface area contributed by atoms with Crippen molar-refractivity contribution in [3.8, 4) is 0 Å². The first-order chi connectivity index (χ1) is 6.26. The molecule has 0 unspecified atom stereocenters. The number of carbonyl (C=O) groups excluding carboxylic acids is 1. The molecule has 0 aliphatic heterocycles. The first-order valence-corrected chi connectivity index (χ1v) is 3.82. The topological polar surface area (TPSA) is 46.5 Å². The van der Waals surface area contributed by atoms with Gasteiger partial charge in [0, 0.05) is 6.08 Å². The molecular formula is C10H10O3. The Labute approximate surface area is 76.3 Å². The van der Waals surface area contributed by atoms with Gasteiger partial charge in [-0.1, -0.05) is 30.9 Å². The van der Waals surface area contributed by atoms with Crippen LogP contribution in [-0.2, 0) is 9.68 Å². The van der Waals surface area contributed by atoms with Crippen LogP contribution in [0, 0.1) is 0 Å². The van der Waals surface area contributed by atoms with Gasteiger partial charge in [0.2, 0.25) is 0 Å². The lowest BCUT2D eigenvalue weighted by Crippen LogP contribution is -1.92. The molecule has 2 aliphatic rings. The van der Waals surface area contributed by atoms with Crippen molar-refractivity contribution in [2.45, 2.75) is 6.42 Å². The number of allylic oxidation sites excluding steroid dienone is 6. The van der Waals surface area contributed by atoms with Gasteiger partial charge in [-0.2, -0.15) is 5.26 Å². The second-order valence-corrected chi connectivity index (χ2v) is 2.61. The minimum atomic E-state index is -0.838. The van der Waals surface area contributed by atoms with Gasteiger partial charge in [0.25, 0.3) is 0 Å². The molecule has 2 aliphatic carbocycles. The van der Waals surface area contributed by atoms with E-state index in [4.69, 9.17) is 5.26 Å². The zero-order valence-electron chi connectivity index (χ0n) is 7.06. The van der Waals surface area contributed by atoms with Gasteiger partial charge < -0.3 is 0 Å². The summed E-state index contributed by atoms with van der Waals surface area (Å²) in [5, 5.41) is 7.41. The quantitative estimate of drug-likeness (QED) is 0.379. The number of rotatable bonds is 1. The fourth-order valence-electron chi connectivity index (χ4n) is 1.05. The van der Waals surface area contributed by atoms with E-state index in [9.17, 15) is 4.79 Å². The molecule has 0 atom stereocenters. The molecule has 0 saturated carbocycles. The molecule has 0 fully saturated rings. The van der Waals surface area contributed by atoms with Crippen LogP contribution in [0.3, 0.4) is 0 Å². The predicted octanol–water partition coefficient (Wildman–Crippen LogP) is 2.00. The van der Waals surface area contributed by atoms with Gasteiger partial charge in [0.15, 0.2) is 0 Å². The van der Waals surface area contributed by atoms with Crippen LogP contribution >= 0.6 is 0 Å². The van der Waals surface area contributed by atoms with E-state index < -0.39 is 5.97 Å². The van der Waals surface area contributed by atoms with Gasteiger partial charge in [-0.25, -0.2) is 4.79 Å². The van der Waals surface area contributed by atoms with E-state index in [0.717, 1.165) is 6.08 Å². The molecule has 0 aromatic heterocycles. The second kappa shape index (κ2) is 4.42. The van der Waals surface area contributed by atoms with Crippen LogP contribution in [0.4, 0.5) is 0 Å². The lowest BCUT2D eigenvalue weighted by atomic mass is 10.3. The molecule has 13 heavy (non-hydrogen) atoms. The summed E-state index contributed by atoms with van der Waals surface area (Å²) >= 11 is 0. The Morgan fingerprint density at radius 2 is 2.00 bits per heavy atom. The molecule has 0 spiro atoms. The van der Waals surface area contributed by atoms with Crippen LogP contribution in [0.5, 0.6) is 0 Å². The summed E-state index contributed by atoms with van der Waals surface area (Å²) in [6.45, 7) is 3.00. The Morgan fingerprint density at radius 1 is 1.46 bits per heavy atom. The highest BCUT2D eigenvalue weighted by Crippen LogP contribution is 2.27. The third-order valence-electron chi connectivity index (χ3n) is 1.69. The lowest BCUT2D eigenvalue weighted by Gasteiger charge is -1.78. The molecule has 3 nitrogen and oxygen atoms in total. The van der Waals surface area contributed by atoms with Gasteiger partial charge in [-0.3, -0.25) is 4.89 Å². The summed E-state index contributed by atoms with van der Waals surface area (Å²) in [6.07, 6.45) is 10.8. The fourth-order valence-corrected chi connectivity index (χ4v) is 1.05. The number of hydrogen-bond donors (Lipinski definition) is 1. The first-order valence-electron chi connectivity index (χ1n) is 3.82. The van der Waals surface area contributed by atoms with Gasteiger partial charge in [-0.05, 0) is 17.6 Å². The zero-order chi connectivity index (χ0) is 9.68. The molecule has 0 aromatic rings. The molecule has 1 N–H and O–H groups in total. The normalized spacial score (nSPS) is 15.5. The summed E-state index contributed by atoms with van der Waals surface area (Å²) < 4.78 is 0. The van der Waals surface area contributed by atoms with Gasteiger partial charge in [0.1, 0.15) is 0 Å². The van der Waals surface area contributed by atoms with E-state index in [-0.39, 0.29) is 0 Å². The summed E-state index contributed by atoms with van der Waals surface area (Å²) in [5.41, 5.74) is 2.94. The molecule has 0 saturated heterocycles. The maximum atomic E-state index is 9.59. The van der Waals surface area contributed by atoms with Crippen LogP contribution in [0.1, 0.15) is 6.42 Å². The summed E-state index contributed by atoms with van der Waals surface area (Å²) in [7, 11) is 0.